The van der Waals surface area contributed by atoms with Crippen molar-refractivity contribution < 1.29 is 13.9 Å². The molecule has 2 heterocycles. The van der Waals surface area contributed by atoms with Crippen LogP contribution in [-0.4, -0.2) is 11.9 Å². The van der Waals surface area contributed by atoms with E-state index in [-0.39, 0.29) is 11.6 Å². The molecule has 7 heteroatoms. The van der Waals surface area contributed by atoms with Crippen LogP contribution in [0.15, 0.2) is 74.2 Å². The van der Waals surface area contributed by atoms with Crippen LogP contribution in [0, 0.1) is 3.57 Å². The van der Waals surface area contributed by atoms with Gasteiger partial charge in [-0.1, -0.05) is 11.6 Å². The van der Waals surface area contributed by atoms with Crippen LogP contribution < -0.4 is 0 Å². The first kappa shape index (κ1) is 18.5. The van der Waals surface area contributed by atoms with Gasteiger partial charge in [0.2, 0.25) is 5.90 Å². The summed E-state index contributed by atoms with van der Waals surface area (Å²) in [4.78, 5) is 16.5. The Morgan fingerprint density at radius 3 is 2.52 bits per heavy atom. The van der Waals surface area contributed by atoms with Crippen LogP contribution in [-0.2, 0) is 9.53 Å². The molecule has 0 unspecified atom stereocenters. The van der Waals surface area contributed by atoms with E-state index in [0.29, 0.717) is 16.5 Å². The summed E-state index contributed by atoms with van der Waals surface area (Å²) >= 11 is 11.6. The first-order chi connectivity index (χ1) is 13.0. The molecule has 4 rings (SSSR count). The van der Waals surface area contributed by atoms with Gasteiger partial charge < -0.3 is 9.15 Å². The van der Waals surface area contributed by atoms with Crippen molar-refractivity contribution in [2.45, 2.75) is 0 Å². The van der Waals surface area contributed by atoms with Crippen LogP contribution in [0.4, 0.5) is 0 Å². The molecule has 0 aliphatic carbocycles. The molecule has 0 N–H and O–H groups in total. The Morgan fingerprint density at radius 2 is 1.78 bits per heavy atom. The summed E-state index contributed by atoms with van der Waals surface area (Å²) in [7, 11) is 0. The standard InChI is InChI=1S/C20H10BrClINO3/c21-15-9-12(3-7-16(15)23)19-24-17(20(25)27-19)10-14-6-8-18(26-14)11-1-4-13(22)5-2-11/h1-10H/b17-10-. The third-order valence-corrected chi connectivity index (χ3v) is 6.41. The van der Waals surface area contributed by atoms with Gasteiger partial charge in [-0.2, -0.15) is 0 Å². The highest BCUT2D eigenvalue weighted by Crippen LogP contribution is 2.27. The van der Waals surface area contributed by atoms with Crippen molar-refractivity contribution in [1.82, 2.24) is 0 Å². The number of rotatable bonds is 3. The largest absolute Gasteiger partial charge is 0.457 e. The predicted molar refractivity (Wildman–Crippen MR) is 117 cm³/mol. The molecule has 0 spiro atoms. The fraction of sp³-hybridized carbons (Fsp3) is 0. The zero-order valence-electron chi connectivity index (χ0n) is 13.6. The molecular formula is C20H10BrClINO3. The maximum atomic E-state index is 12.2. The van der Waals surface area contributed by atoms with Crippen LogP contribution in [0.25, 0.3) is 17.4 Å². The van der Waals surface area contributed by atoms with E-state index in [2.05, 4.69) is 43.5 Å². The van der Waals surface area contributed by atoms with E-state index in [0.717, 1.165) is 19.2 Å². The highest BCUT2D eigenvalue weighted by Gasteiger charge is 2.25. The van der Waals surface area contributed by atoms with Gasteiger partial charge in [0.25, 0.3) is 0 Å². The summed E-state index contributed by atoms with van der Waals surface area (Å²) in [5.41, 5.74) is 1.81. The first-order valence-electron chi connectivity index (χ1n) is 7.83. The maximum absolute atomic E-state index is 12.2. The third-order valence-electron chi connectivity index (χ3n) is 3.82. The Bertz CT molecular complexity index is 1100. The molecule has 0 saturated carbocycles. The lowest BCUT2D eigenvalue weighted by molar-refractivity contribution is -0.129. The fourth-order valence-electron chi connectivity index (χ4n) is 2.50. The van der Waals surface area contributed by atoms with E-state index >= 15 is 0 Å². The minimum absolute atomic E-state index is 0.191. The van der Waals surface area contributed by atoms with E-state index in [1.165, 1.54) is 0 Å². The number of cyclic esters (lactones) is 1. The van der Waals surface area contributed by atoms with Gasteiger partial charge in [0.15, 0.2) is 5.70 Å². The molecule has 1 aliphatic rings. The van der Waals surface area contributed by atoms with E-state index in [1.807, 2.05) is 36.4 Å². The molecule has 27 heavy (non-hydrogen) atoms. The van der Waals surface area contributed by atoms with E-state index in [4.69, 9.17) is 20.8 Å². The molecule has 0 bridgehead atoms. The number of carbonyl (C=O) groups is 1. The normalized spacial score (nSPS) is 15.1. The minimum atomic E-state index is -0.510. The molecule has 1 aliphatic heterocycles. The minimum Gasteiger partial charge on any atom is -0.457 e. The molecule has 0 amide bonds. The van der Waals surface area contributed by atoms with Gasteiger partial charge in [0.1, 0.15) is 11.5 Å². The second kappa shape index (κ2) is 7.61. The van der Waals surface area contributed by atoms with Crippen LogP contribution in [0.2, 0.25) is 5.02 Å². The molecule has 3 aromatic rings. The Hall–Kier alpha value is -1.90. The second-order valence-corrected chi connectivity index (χ2v) is 8.13. The maximum Gasteiger partial charge on any atom is 0.363 e. The summed E-state index contributed by atoms with van der Waals surface area (Å²) in [6, 6.07) is 16.6. The summed E-state index contributed by atoms with van der Waals surface area (Å²) in [5, 5.41) is 0.658. The van der Waals surface area contributed by atoms with Crippen molar-refractivity contribution >= 4 is 68.1 Å². The van der Waals surface area contributed by atoms with Crippen LogP contribution in [0.5, 0.6) is 0 Å². The number of ether oxygens (including phenoxy) is 1. The predicted octanol–water partition coefficient (Wildman–Crippen LogP) is 6.31. The van der Waals surface area contributed by atoms with E-state index < -0.39 is 5.97 Å². The van der Waals surface area contributed by atoms with Crippen molar-refractivity contribution in [3.05, 3.63) is 84.7 Å². The lowest BCUT2D eigenvalue weighted by Gasteiger charge is -2.01. The quantitative estimate of drug-likeness (QED) is 0.217. The highest BCUT2D eigenvalue weighted by atomic mass is 127. The number of furan rings is 1. The molecule has 2 aromatic carbocycles. The van der Waals surface area contributed by atoms with Crippen molar-refractivity contribution in [2.75, 3.05) is 0 Å². The van der Waals surface area contributed by atoms with Crippen molar-refractivity contribution in [1.29, 1.82) is 0 Å². The lowest BCUT2D eigenvalue weighted by atomic mass is 10.2. The summed E-state index contributed by atoms with van der Waals surface area (Å²) in [5.74, 6) is 0.952. The number of nitrogens with zero attached hydrogens (tertiary/aromatic N) is 1. The average molecular weight is 555 g/mol. The van der Waals surface area contributed by atoms with E-state index in [9.17, 15) is 4.79 Å². The summed E-state index contributed by atoms with van der Waals surface area (Å²) < 4.78 is 13.1. The number of halogens is 3. The van der Waals surface area contributed by atoms with Crippen LogP contribution in [0.3, 0.4) is 0 Å². The highest BCUT2D eigenvalue weighted by molar-refractivity contribution is 14.1. The third kappa shape index (κ3) is 4.02. The second-order valence-electron chi connectivity index (χ2n) is 5.67. The van der Waals surface area contributed by atoms with Gasteiger partial charge >= 0.3 is 5.97 Å². The first-order valence-corrected chi connectivity index (χ1v) is 10.1. The van der Waals surface area contributed by atoms with Crippen molar-refractivity contribution in [2.24, 2.45) is 4.99 Å². The molecular weight excluding hydrogens is 544 g/mol. The number of carbonyl (C=O) groups excluding carboxylic acids is 1. The molecule has 0 radical (unpaired) electrons. The monoisotopic (exact) mass is 553 g/mol. The zero-order chi connectivity index (χ0) is 19.0. The molecule has 0 fully saturated rings. The Labute approximate surface area is 182 Å². The topological polar surface area (TPSA) is 51.8 Å². The Kier molecular flexibility index (Phi) is 5.21. The fourth-order valence-corrected chi connectivity index (χ4v) is 3.34. The number of benzene rings is 2. The van der Waals surface area contributed by atoms with Crippen LogP contribution in [0.1, 0.15) is 11.3 Å². The van der Waals surface area contributed by atoms with Gasteiger partial charge in [0.05, 0.1) is 0 Å². The van der Waals surface area contributed by atoms with Gasteiger partial charge in [-0.25, -0.2) is 9.79 Å². The number of hydrogen-bond donors (Lipinski definition) is 0. The van der Waals surface area contributed by atoms with Gasteiger partial charge in [-0.05, 0) is 93.1 Å². The molecule has 0 atom stereocenters. The number of hydrogen-bond acceptors (Lipinski definition) is 4. The summed E-state index contributed by atoms with van der Waals surface area (Å²) in [6.45, 7) is 0. The number of esters is 1. The zero-order valence-corrected chi connectivity index (χ0v) is 18.1. The summed E-state index contributed by atoms with van der Waals surface area (Å²) in [6.07, 6.45) is 1.57. The van der Waals surface area contributed by atoms with E-state index in [1.54, 1.807) is 24.3 Å². The van der Waals surface area contributed by atoms with Crippen molar-refractivity contribution in [3.63, 3.8) is 0 Å². The van der Waals surface area contributed by atoms with Crippen LogP contribution >= 0.6 is 50.1 Å². The molecule has 134 valence electrons. The lowest BCUT2D eigenvalue weighted by Crippen LogP contribution is -2.05. The van der Waals surface area contributed by atoms with Gasteiger partial charge in [-0.3, -0.25) is 0 Å². The SMILES string of the molecule is O=C1OC(c2ccc(I)c(Br)c2)=N/C1=C\c1ccc(-c2ccc(Cl)cc2)o1. The molecule has 0 saturated heterocycles. The number of aliphatic imine (C=N–C) groups is 1. The average Bonchev–Trinajstić information content (AvgIpc) is 3.26. The molecule has 1 aromatic heterocycles. The molecule has 4 nitrogen and oxygen atoms in total. The van der Waals surface area contributed by atoms with Gasteiger partial charge in [0, 0.05) is 30.3 Å². The van der Waals surface area contributed by atoms with Crippen molar-refractivity contribution in [3.8, 4) is 11.3 Å². The Balaban J connectivity index is 1.62. The Morgan fingerprint density at radius 1 is 1.04 bits per heavy atom. The van der Waals surface area contributed by atoms with Gasteiger partial charge in [-0.15, -0.1) is 0 Å². The smallest absolute Gasteiger partial charge is 0.363 e.